The van der Waals surface area contributed by atoms with Crippen molar-refractivity contribution >= 4 is 17.2 Å². The minimum atomic E-state index is -0.363. The molecule has 3 aliphatic heterocycles. The van der Waals surface area contributed by atoms with Gasteiger partial charge in [-0.1, -0.05) is 11.3 Å². The van der Waals surface area contributed by atoms with Gasteiger partial charge >= 0.3 is 0 Å². The topological polar surface area (TPSA) is 68.5 Å². The Morgan fingerprint density at radius 1 is 1.38 bits per heavy atom. The molecule has 0 aliphatic carbocycles. The van der Waals surface area contributed by atoms with E-state index < -0.39 is 0 Å². The van der Waals surface area contributed by atoms with Crippen LogP contribution < -0.4 is 10.5 Å². The van der Waals surface area contributed by atoms with Gasteiger partial charge in [0.1, 0.15) is 5.75 Å². The summed E-state index contributed by atoms with van der Waals surface area (Å²) in [7, 11) is 0. The van der Waals surface area contributed by atoms with Crippen LogP contribution in [0, 0.1) is 12.8 Å². The highest BCUT2D eigenvalue weighted by Gasteiger charge is 2.36. The fourth-order valence-corrected chi connectivity index (χ4v) is 4.60. The zero-order chi connectivity index (χ0) is 16.7. The van der Waals surface area contributed by atoms with Crippen molar-refractivity contribution in [1.82, 2.24) is 9.88 Å². The molecule has 2 bridgehead atoms. The molecule has 126 valence electrons. The zero-order valence-electron chi connectivity index (χ0n) is 13.7. The molecule has 0 saturated carbocycles. The first kappa shape index (κ1) is 15.6. The molecule has 3 fully saturated rings. The van der Waals surface area contributed by atoms with Gasteiger partial charge in [0.25, 0.3) is 5.19 Å². The maximum Gasteiger partial charge on any atom is 0.278 e. The van der Waals surface area contributed by atoms with Crippen LogP contribution in [0.25, 0.3) is 0 Å². The number of piperidine rings is 3. The second-order valence-corrected chi connectivity index (χ2v) is 7.54. The second kappa shape index (κ2) is 6.18. The third kappa shape index (κ3) is 2.91. The van der Waals surface area contributed by atoms with E-state index in [0.717, 1.165) is 23.6 Å². The third-order valence-corrected chi connectivity index (χ3v) is 5.98. The van der Waals surface area contributed by atoms with Gasteiger partial charge in [-0.05, 0) is 62.5 Å². The number of hydrogen-bond donors (Lipinski definition) is 1. The first-order valence-electron chi connectivity index (χ1n) is 8.36. The molecule has 5 nitrogen and oxygen atoms in total. The van der Waals surface area contributed by atoms with E-state index >= 15 is 0 Å². The lowest BCUT2D eigenvalue weighted by molar-refractivity contribution is 0.0855. The van der Waals surface area contributed by atoms with Crippen molar-refractivity contribution in [3.05, 3.63) is 40.4 Å². The summed E-state index contributed by atoms with van der Waals surface area (Å²) in [6.45, 7) is 5.28. The summed E-state index contributed by atoms with van der Waals surface area (Å²) < 4.78 is 5.89. The van der Waals surface area contributed by atoms with E-state index in [1.54, 1.807) is 6.07 Å². The summed E-state index contributed by atoms with van der Waals surface area (Å²) >= 11 is 1.48. The Bertz CT molecular complexity index is 765. The number of thiazole rings is 1. The molecule has 1 atom stereocenters. The number of primary amides is 1. The smallest absolute Gasteiger partial charge is 0.278 e. The molecule has 24 heavy (non-hydrogen) atoms. The number of benzene rings is 1. The molecular formula is C18H21N3O2S. The van der Waals surface area contributed by atoms with Crippen LogP contribution in [0.15, 0.2) is 23.6 Å². The van der Waals surface area contributed by atoms with Gasteiger partial charge in [-0.3, -0.25) is 4.79 Å². The standard InChI is InChI=1S/C18H21N3O2S/c1-11-10-24-18(20-11)23-13-2-3-14(17(19)22)15(8-13)16-9-21-6-4-12(16)5-7-21/h2-3,8,10,12,16H,4-7,9H2,1H3,(H2,19,22)/t16-/m1/s1. The zero-order valence-corrected chi connectivity index (χ0v) is 14.5. The third-order valence-electron chi connectivity index (χ3n) is 5.15. The Kier molecular flexibility index (Phi) is 4.02. The Morgan fingerprint density at radius 2 is 2.17 bits per heavy atom. The fraction of sp³-hybridized carbons (Fsp3) is 0.444. The van der Waals surface area contributed by atoms with E-state index in [2.05, 4.69) is 9.88 Å². The number of carbonyl (C=O) groups is 1. The minimum Gasteiger partial charge on any atom is -0.431 e. The van der Waals surface area contributed by atoms with Crippen molar-refractivity contribution in [2.75, 3.05) is 19.6 Å². The first-order chi connectivity index (χ1) is 11.6. The Balaban J connectivity index is 1.67. The molecule has 1 amide bonds. The largest absolute Gasteiger partial charge is 0.431 e. The van der Waals surface area contributed by atoms with Gasteiger partial charge in [0.15, 0.2) is 0 Å². The van der Waals surface area contributed by atoms with E-state index in [1.807, 2.05) is 24.4 Å². The number of aromatic nitrogens is 1. The van der Waals surface area contributed by atoms with Crippen LogP contribution in [0.2, 0.25) is 0 Å². The molecule has 2 N–H and O–H groups in total. The average Bonchev–Trinajstić information content (AvgIpc) is 3.00. The number of fused-ring (bicyclic) bond motifs is 3. The molecule has 2 aromatic rings. The maximum atomic E-state index is 11.9. The molecule has 6 heteroatoms. The summed E-state index contributed by atoms with van der Waals surface area (Å²) in [4.78, 5) is 18.7. The number of rotatable bonds is 4. The average molecular weight is 343 g/mol. The minimum absolute atomic E-state index is 0.358. The van der Waals surface area contributed by atoms with Crippen molar-refractivity contribution < 1.29 is 9.53 Å². The number of aryl methyl sites for hydroxylation is 1. The maximum absolute atomic E-state index is 11.9. The van der Waals surface area contributed by atoms with Crippen molar-refractivity contribution in [1.29, 1.82) is 0 Å². The molecule has 0 radical (unpaired) electrons. The van der Waals surface area contributed by atoms with Crippen molar-refractivity contribution in [2.24, 2.45) is 11.7 Å². The van der Waals surface area contributed by atoms with Gasteiger partial charge in [0, 0.05) is 23.4 Å². The lowest BCUT2D eigenvalue weighted by Crippen LogP contribution is -2.46. The summed E-state index contributed by atoms with van der Waals surface area (Å²) in [6, 6.07) is 5.59. The van der Waals surface area contributed by atoms with Crippen LogP contribution in [0.1, 0.15) is 40.4 Å². The fourth-order valence-electron chi connectivity index (χ4n) is 3.93. The molecule has 0 spiro atoms. The Morgan fingerprint density at radius 3 is 2.75 bits per heavy atom. The molecule has 4 heterocycles. The van der Waals surface area contributed by atoms with Gasteiger partial charge in [-0.2, -0.15) is 0 Å². The van der Waals surface area contributed by atoms with Crippen molar-refractivity contribution in [3.63, 3.8) is 0 Å². The van der Waals surface area contributed by atoms with Crippen LogP contribution >= 0.6 is 11.3 Å². The van der Waals surface area contributed by atoms with Gasteiger partial charge in [0.2, 0.25) is 5.91 Å². The normalized spacial score (nSPS) is 25.6. The molecule has 3 aliphatic rings. The summed E-state index contributed by atoms with van der Waals surface area (Å²) in [5, 5.41) is 2.58. The SMILES string of the molecule is Cc1csc(Oc2ccc(C(N)=O)c([C@@H]3CN4CCC3CC4)c2)n1. The van der Waals surface area contributed by atoms with Crippen LogP contribution in [0.3, 0.4) is 0 Å². The molecule has 3 saturated heterocycles. The molecule has 5 rings (SSSR count). The number of carbonyl (C=O) groups excluding carboxylic acids is 1. The van der Waals surface area contributed by atoms with Gasteiger partial charge < -0.3 is 15.4 Å². The highest BCUT2D eigenvalue weighted by atomic mass is 32.1. The van der Waals surface area contributed by atoms with Crippen LogP contribution in [0.5, 0.6) is 10.9 Å². The lowest BCUT2D eigenvalue weighted by atomic mass is 9.74. The van der Waals surface area contributed by atoms with Crippen LogP contribution in [-0.4, -0.2) is 35.4 Å². The summed E-state index contributed by atoms with van der Waals surface area (Å²) in [6.07, 6.45) is 2.39. The van der Waals surface area contributed by atoms with E-state index in [9.17, 15) is 4.79 Å². The molecule has 1 aromatic heterocycles. The number of amides is 1. The lowest BCUT2D eigenvalue weighted by Gasteiger charge is -2.45. The van der Waals surface area contributed by atoms with Gasteiger partial charge in [-0.15, -0.1) is 0 Å². The van der Waals surface area contributed by atoms with E-state index in [0.29, 0.717) is 22.6 Å². The first-order valence-corrected chi connectivity index (χ1v) is 9.24. The van der Waals surface area contributed by atoms with Gasteiger partial charge in [-0.25, -0.2) is 4.98 Å². The summed E-state index contributed by atoms with van der Waals surface area (Å²) in [5.74, 6) is 1.35. The highest BCUT2D eigenvalue weighted by molar-refractivity contribution is 7.11. The molecular weight excluding hydrogens is 322 g/mol. The van der Waals surface area contributed by atoms with E-state index in [4.69, 9.17) is 10.5 Å². The van der Waals surface area contributed by atoms with Crippen LogP contribution in [-0.2, 0) is 0 Å². The Hall–Kier alpha value is -1.92. The molecule has 0 unspecified atom stereocenters. The predicted octanol–water partition coefficient (Wildman–Crippen LogP) is 3.15. The molecule has 1 aromatic carbocycles. The number of hydrogen-bond acceptors (Lipinski definition) is 5. The monoisotopic (exact) mass is 343 g/mol. The van der Waals surface area contributed by atoms with Crippen molar-refractivity contribution in [3.8, 4) is 10.9 Å². The Labute approximate surface area is 145 Å². The predicted molar refractivity (Wildman–Crippen MR) is 93.8 cm³/mol. The van der Waals surface area contributed by atoms with E-state index in [-0.39, 0.29) is 5.91 Å². The van der Waals surface area contributed by atoms with Crippen molar-refractivity contribution in [2.45, 2.75) is 25.7 Å². The van der Waals surface area contributed by atoms with E-state index in [1.165, 1.54) is 37.3 Å². The number of nitrogens with two attached hydrogens (primary N) is 1. The van der Waals surface area contributed by atoms with Gasteiger partial charge in [0.05, 0.1) is 5.69 Å². The summed E-state index contributed by atoms with van der Waals surface area (Å²) in [5.41, 5.74) is 8.22. The number of ether oxygens (including phenoxy) is 1. The second-order valence-electron chi connectivity index (χ2n) is 6.71. The number of nitrogens with zero attached hydrogens (tertiary/aromatic N) is 2. The quantitative estimate of drug-likeness (QED) is 0.926. The highest BCUT2D eigenvalue weighted by Crippen LogP contribution is 2.41. The van der Waals surface area contributed by atoms with Crippen LogP contribution in [0.4, 0.5) is 0 Å².